The van der Waals surface area contributed by atoms with Gasteiger partial charge in [0.15, 0.2) is 5.03 Å². The molecule has 1 aromatic heterocycles. The quantitative estimate of drug-likeness (QED) is 0.847. The highest BCUT2D eigenvalue weighted by Gasteiger charge is 2.23. The third kappa shape index (κ3) is 2.73. The highest BCUT2D eigenvalue weighted by Crippen LogP contribution is 2.29. The first-order valence-electron chi connectivity index (χ1n) is 5.87. The number of halogens is 1. The molecule has 0 atom stereocenters. The van der Waals surface area contributed by atoms with E-state index in [2.05, 4.69) is 9.82 Å². The summed E-state index contributed by atoms with van der Waals surface area (Å²) >= 11 is 5.83. The molecule has 0 saturated heterocycles. The van der Waals surface area contributed by atoms with Crippen molar-refractivity contribution in [1.29, 1.82) is 0 Å². The molecule has 6 nitrogen and oxygen atoms in total. The minimum absolute atomic E-state index is 0.0196. The van der Waals surface area contributed by atoms with Gasteiger partial charge >= 0.3 is 0 Å². The van der Waals surface area contributed by atoms with Crippen molar-refractivity contribution in [1.82, 2.24) is 9.78 Å². The lowest BCUT2D eigenvalue weighted by atomic mass is 10.1. The monoisotopic (exact) mass is 315 g/mol. The van der Waals surface area contributed by atoms with Crippen molar-refractivity contribution in [2.24, 2.45) is 7.05 Å². The minimum Gasteiger partial charge on any atom is -0.506 e. The summed E-state index contributed by atoms with van der Waals surface area (Å²) in [7, 11) is -2.45. The summed E-state index contributed by atoms with van der Waals surface area (Å²) in [6, 6.07) is 4.75. The lowest BCUT2D eigenvalue weighted by molar-refractivity contribution is 0.477. The van der Waals surface area contributed by atoms with Gasteiger partial charge in [-0.1, -0.05) is 24.6 Å². The Kier molecular flexibility index (Phi) is 3.92. The number of aryl methyl sites for hydroxylation is 2. The maximum absolute atomic E-state index is 12.3. The van der Waals surface area contributed by atoms with Gasteiger partial charge in [-0.3, -0.25) is 9.40 Å². The molecule has 1 aromatic carbocycles. The molecule has 2 N–H and O–H groups in total. The van der Waals surface area contributed by atoms with Crippen LogP contribution in [-0.2, 0) is 23.5 Å². The van der Waals surface area contributed by atoms with Crippen molar-refractivity contribution in [3.63, 3.8) is 0 Å². The molecule has 0 aliphatic carbocycles. The molecule has 0 aliphatic heterocycles. The first-order valence-corrected chi connectivity index (χ1v) is 7.73. The van der Waals surface area contributed by atoms with E-state index in [0.29, 0.717) is 0 Å². The molecule has 108 valence electrons. The summed E-state index contributed by atoms with van der Waals surface area (Å²) in [6.07, 6.45) is 1.97. The summed E-state index contributed by atoms with van der Waals surface area (Å²) in [6.45, 7) is 1.93. The van der Waals surface area contributed by atoms with Gasteiger partial charge in [-0.25, -0.2) is 0 Å². The molecule has 0 aliphatic rings. The summed E-state index contributed by atoms with van der Waals surface area (Å²) < 4.78 is 28.1. The Balaban J connectivity index is 2.43. The number of benzene rings is 1. The van der Waals surface area contributed by atoms with E-state index in [-0.39, 0.29) is 21.5 Å². The summed E-state index contributed by atoms with van der Waals surface area (Å²) in [4.78, 5) is 0. The van der Waals surface area contributed by atoms with Crippen LogP contribution in [0.5, 0.6) is 5.75 Å². The fourth-order valence-electron chi connectivity index (χ4n) is 1.78. The number of phenolic OH excluding ortho intramolecular Hbond substituents is 1. The Morgan fingerprint density at radius 1 is 1.45 bits per heavy atom. The van der Waals surface area contributed by atoms with Crippen LogP contribution in [0.1, 0.15) is 12.5 Å². The molecule has 0 spiro atoms. The second-order valence-corrected chi connectivity index (χ2v) is 6.24. The predicted molar refractivity (Wildman–Crippen MR) is 76.5 cm³/mol. The molecule has 1 heterocycles. The zero-order chi connectivity index (χ0) is 14.9. The van der Waals surface area contributed by atoms with E-state index in [9.17, 15) is 13.5 Å². The Bertz CT molecular complexity index is 721. The first-order chi connectivity index (χ1) is 9.35. The number of hydrogen-bond acceptors (Lipinski definition) is 4. The average molecular weight is 316 g/mol. The van der Waals surface area contributed by atoms with Crippen LogP contribution in [0.2, 0.25) is 5.02 Å². The van der Waals surface area contributed by atoms with Gasteiger partial charge in [-0.05, 0) is 24.1 Å². The van der Waals surface area contributed by atoms with Crippen LogP contribution in [-0.4, -0.2) is 23.3 Å². The van der Waals surface area contributed by atoms with Crippen molar-refractivity contribution >= 4 is 27.3 Å². The molecule has 0 saturated carbocycles. The van der Waals surface area contributed by atoms with E-state index in [1.807, 2.05) is 6.92 Å². The van der Waals surface area contributed by atoms with Gasteiger partial charge in [0.1, 0.15) is 5.75 Å². The van der Waals surface area contributed by atoms with Crippen molar-refractivity contribution in [3.8, 4) is 5.75 Å². The zero-order valence-corrected chi connectivity index (χ0v) is 12.5. The van der Waals surface area contributed by atoms with Crippen LogP contribution in [0.4, 0.5) is 5.69 Å². The number of sulfonamides is 1. The lowest BCUT2D eigenvalue weighted by Crippen LogP contribution is -2.17. The molecule has 2 rings (SSSR count). The molecule has 8 heteroatoms. The van der Waals surface area contributed by atoms with Crippen molar-refractivity contribution < 1.29 is 13.5 Å². The molecule has 20 heavy (non-hydrogen) atoms. The smallest absolute Gasteiger partial charge is 0.280 e. The van der Waals surface area contributed by atoms with Crippen LogP contribution in [0.15, 0.2) is 29.4 Å². The Hall–Kier alpha value is -1.73. The third-order valence-corrected chi connectivity index (χ3v) is 4.68. The molecule has 2 aromatic rings. The number of aromatic nitrogens is 2. The number of nitrogens with zero attached hydrogens (tertiary/aromatic N) is 2. The topological polar surface area (TPSA) is 84.2 Å². The van der Waals surface area contributed by atoms with Crippen molar-refractivity contribution in [3.05, 3.63) is 35.0 Å². The maximum atomic E-state index is 12.3. The highest BCUT2D eigenvalue weighted by molar-refractivity contribution is 7.92. The van der Waals surface area contributed by atoms with Crippen molar-refractivity contribution in [2.75, 3.05) is 4.72 Å². The predicted octanol–water partition coefficient (Wildman–Crippen LogP) is 2.14. The molecule has 0 bridgehead atoms. The van der Waals surface area contributed by atoms with Crippen LogP contribution in [0.25, 0.3) is 0 Å². The van der Waals surface area contributed by atoms with Gasteiger partial charge in [-0.2, -0.15) is 13.5 Å². The Morgan fingerprint density at radius 2 is 2.15 bits per heavy atom. The van der Waals surface area contributed by atoms with Gasteiger partial charge in [0, 0.05) is 7.05 Å². The summed E-state index contributed by atoms with van der Waals surface area (Å²) in [5.41, 5.74) is 1.01. The van der Waals surface area contributed by atoms with Gasteiger partial charge in [-0.15, -0.1) is 0 Å². The maximum Gasteiger partial charge on any atom is 0.280 e. The number of phenols is 1. The SMILES string of the molecule is CCc1ccc(O)c(NS(=O)(=O)c2c(Cl)cnn2C)c1. The molecular formula is C12H14ClN3O3S. The molecule has 0 fully saturated rings. The number of aromatic hydroxyl groups is 1. The molecule has 0 radical (unpaired) electrons. The van der Waals surface area contributed by atoms with Gasteiger partial charge in [0.2, 0.25) is 0 Å². The van der Waals surface area contributed by atoms with Crippen LogP contribution in [0.3, 0.4) is 0 Å². The van der Waals surface area contributed by atoms with Crippen LogP contribution >= 0.6 is 11.6 Å². The second kappa shape index (κ2) is 5.34. The number of nitrogens with one attached hydrogen (secondary N) is 1. The standard InChI is InChI=1S/C12H14ClN3O3S/c1-3-8-4-5-11(17)10(6-8)15-20(18,19)12-9(13)7-14-16(12)2/h4-7,15,17H,3H2,1-2H3. The fraction of sp³-hybridized carbons (Fsp3) is 0.250. The highest BCUT2D eigenvalue weighted by atomic mass is 35.5. The minimum atomic E-state index is -3.92. The number of hydrogen-bond donors (Lipinski definition) is 2. The molecular weight excluding hydrogens is 302 g/mol. The molecule has 0 amide bonds. The third-order valence-electron chi connectivity index (χ3n) is 2.81. The van der Waals surface area contributed by atoms with Crippen LogP contribution < -0.4 is 4.72 Å². The van der Waals surface area contributed by atoms with Gasteiger partial charge in [0.25, 0.3) is 10.0 Å². The zero-order valence-electron chi connectivity index (χ0n) is 11.0. The van der Waals surface area contributed by atoms with E-state index in [4.69, 9.17) is 11.6 Å². The largest absolute Gasteiger partial charge is 0.506 e. The first kappa shape index (κ1) is 14.7. The van der Waals surface area contributed by atoms with E-state index >= 15 is 0 Å². The lowest BCUT2D eigenvalue weighted by Gasteiger charge is -2.11. The second-order valence-electron chi connectivity index (χ2n) is 4.23. The Morgan fingerprint density at radius 3 is 2.70 bits per heavy atom. The molecule has 0 unspecified atom stereocenters. The number of rotatable bonds is 4. The normalized spacial score (nSPS) is 11.6. The summed E-state index contributed by atoms with van der Waals surface area (Å²) in [5, 5.41) is 13.4. The van der Waals surface area contributed by atoms with E-state index < -0.39 is 10.0 Å². The van der Waals surface area contributed by atoms with Gasteiger partial charge in [0.05, 0.1) is 16.9 Å². The average Bonchev–Trinajstić information content (AvgIpc) is 2.72. The van der Waals surface area contributed by atoms with Gasteiger partial charge < -0.3 is 5.11 Å². The van der Waals surface area contributed by atoms with Crippen LogP contribution in [0, 0.1) is 0 Å². The number of anilines is 1. The van der Waals surface area contributed by atoms with Crippen molar-refractivity contribution in [2.45, 2.75) is 18.4 Å². The van der Waals surface area contributed by atoms with E-state index in [1.165, 1.54) is 19.3 Å². The Labute approximate surface area is 122 Å². The summed E-state index contributed by atoms with van der Waals surface area (Å²) in [5.74, 6) is -0.149. The fourth-order valence-corrected chi connectivity index (χ4v) is 3.50. The van der Waals surface area contributed by atoms with E-state index in [0.717, 1.165) is 16.7 Å². The van der Waals surface area contributed by atoms with E-state index in [1.54, 1.807) is 12.1 Å².